The summed E-state index contributed by atoms with van der Waals surface area (Å²) < 4.78 is 25.8. The minimum atomic E-state index is -0.648. The van der Waals surface area contributed by atoms with Gasteiger partial charge in [0.2, 0.25) is 0 Å². The van der Waals surface area contributed by atoms with Crippen LogP contribution in [0.15, 0.2) is 12.3 Å². The van der Waals surface area contributed by atoms with E-state index in [2.05, 4.69) is 15.2 Å². The molecule has 94 valence electrons. The van der Waals surface area contributed by atoms with Crippen molar-refractivity contribution in [2.24, 2.45) is 0 Å². The summed E-state index contributed by atoms with van der Waals surface area (Å²) in [6.45, 7) is 4.02. The van der Waals surface area contributed by atoms with E-state index in [1.165, 1.54) is 25.9 Å². The van der Waals surface area contributed by atoms with Crippen LogP contribution in [0.2, 0.25) is 0 Å². The quantitative estimate of drug-likeness (QED) is 0.801. The molecule has 1 fully saturated rings. The highest BCUT2D eigenvalue weighted by Gasteiger charge is 2.10. The van der Waals surface area contributed by atoms with Gasteiger partial charge in [-0.15, -0.1) is 0 Å². The maximum absolute atomic E-state index is 13.2. The van der Waals surface area contributed by atoms with E-state index in [-0.39, 0.29) is 5.82 Å². The molecular formula is C12H17F2N3. The molecule has 0 radical (unpaired) electrons. The number of likely N-dealkylation sites (tertiary alicyclic amines) is 1. The molecule has 1 aromatic rings. The van der Waals surface area contributed by atoms with Crippen LogP contribution in [-0.4, -0.2) is 36.1 Å². The number of hydrogen-bond donors (Lipinski definition) is 1. The molecule has 1 aliphatic heterocycles. The van der Waals surface area contributed by atoms with E-state index in [0.29, 0.717) is 6.54 Å². The van der Waals surface area contributed by atoms with Crippen LogP contribution < -0.4 is 5.32 Å². The van der Waals surface area contributed by atoms with Gasteiger partial charge in [-0.1, -0.05) is 0 Å². The monoisotopic (exact) mass is 241 g/mol. The Morgan fingerprint density at radius 3 is 2.76 bits per heavy atom. The molecule has 0 unspecified atom stereocenters. The van der Waals surface area contributed by atoms with Crippen LogP contribution in [0.4, 0.5) is 14.6 Å². The second-order valence-corrected chi connectivity index (χ2v) is 4.31. The number of anilines is 1. The molecule has 1 N–H and O–H groups in total. The molecule has 0 saturated carbocycles. The van der Waals surface area contributed by atoms with Gasteiger partial charge in [0, 0.05) is 12.6 Å². The molecule has 17 heavy (non-hydrogen) atoms. The average Bonchev–Trinajstić information content (AvgIpc) is 2.79. The Morgan fingerprint density at radius 1 is 1.29 bits per heavy atom. The van der Waals surface area contributed by atoms with Gasteiger partial charge in [-0.25, -0.2) is 13.8 Å². The molecule has 0 atom stereocenters. The molecule has 1 aliphatic rings. The molecule has 1 aromatic heterocycles. The largest absolute Gasteiger partial charge is 0.368 e. The molecule has 0 spiro atoms. The zero-order chi connectivity index (χ0) is 12.1. The van der Waals surface area contributed by atoms with E-state index in [1.807, 2.05) is 0 Å². The Kier molecular flexibility index (Phi) is 4.25. The van der Waals surface area contributed by atoms with E-state index in [4.69, 9.17) is 0 Å². The predicted molar refractivity (Wildman–Crippen MR) is 62.9 cm³/mol. The molecule has 3 nitrogen and oxygen atoms in total. The third kappa shape index (κ3) is 3.63. The molecular weight excluding hydrogens is 224 g/mol. The first-order chi connectivity index (χ1) is 8.25. The van der Waals surface area contributed by atoms with Gasteiger partial charge in [-0.3, -0.25) is 0 Å². The summed E-state index contributed by atoms with van der Waals surface area (Å²) in [7, 11) is 0. The van der Waals surface area contributed by atoms with Crippen molar-refractivity contribution in [2.45, 2.75) is 19.3 Å². The minimum absolute atomic E-state index is 0.132. The van der Waals surface area contributed by atoms with E-state index in [0.717, 1.165) is 25.2 Å². The highest BCUT2D eigenvalue weighted by Crippen LogP contribution is 2.11. The highest BCUT2D eigenvalue weighted by atomic mass is 19.1. The number of aromatic nitrogens is 1. The second kappa shape index (κ2) is 5.91. The molecule has 1 saturated heterocycles. The SMILES string of the molecule is Fc1cnc(NCCCN2CCCC2)c(F)c1. The number of halogens is 2. The lowest BCUT2D eigenvalue weighted by Crippen LogP contribution is -2.22. The normalized spacial score (nSPS) is 16.4. The van der Waals surface area contributed by atoms with Crippen molar-refractivity contribution < 1.29 is 8.78 Å². The van der Waals surface area contributed by atoms with E-state index in [1.54, 1.807) is 0 Å². The minimum Gasteiger partial charge on any atom is -0.368 e. The Bertz CT molecular complexity index is 365. The number of nitrogens with zero attached hydrogens (tertiary/aromatic N) is 2. The standard InChI is InChI=1S/C12H17F2N3/c13-10-8-11(14)12(16-9-10)15-4-3-7-17-5-1-2-6-17/h8-9H,1-7H2,(H,15,16). The van der Waals surface area contributed by atoms with Gasteiger partial charge in [-0.05, 0) is 38.9 Å². The number of hydrogen-bond acceptors (Lipinski definition) is 3. The predicted octanol–water partition coefficient (Wildman–Crippen LogP) is 2.26. The maximum Gasteiger partial charge on any atom is 0.168 e. The number of pyridine rings is 1. The van der Waals surface area contributed by atoms with Gasteiger partial charge in [0.25, 0.3) is 0 Å². The summed E-state index contributed by atoms with van der Waals surface area (Å²) in [6, 6.07) is 0.843. The second-order valence-electron chi connectivity index (χ2n) is 4.31. The van der Waals surface area contributed by atoms with Gasteiger partial charge in [0.15, 0.2) is 11.6 Å². The summed E-state index contributed by atoms with van der Waals surface area (Å²) in [5.74, 6) is -1.15. The molecule has 0 bridgehead atoms. The van der Waals surface area contributed by atoms with Crippen LogP contribution in [0.25, 0.3) is 0 Å². The summed E-state index contributed by atoms with van der Waals surface area (Å²) in [5.41, 5.74) is 0. The third-order valence-electron chi connectivity index (χ3n) is 2.95. The lowest BCUT2D eigenvalue weighted by molar-refractivity contribution is 0.337. The van der Waals surface area contributed by atoms with Crippen molar-refractivity contribution in [2.75, 3.05) is 31.5 Å². The van der Waals surface area contributed by atoms with Gasteiger partial charge in [-0.2, -0.15) is 0 Å². The fourth-order valence-corrected chi connectivity index (χ4v) is 2.06. The maximum atomic E-state index is 13.2. The Balaban J connectivity index is 1.70. The van der Waals surface area contributed by atoms with Crippen LogP contribution in [-0.2, 0) is 0 Å². The van der Waals surface area contributed by atoms with Crippen molar-refractivity contribution in [1.82, 2.24) is 9.88 Å². The number of rotatable bonds is 5. The van der Waals surface area contributed by atoms with Gasteiger partial charge in [0.1, 0.15) is 5.82 Å². The lowest BCUT2D eigenvalue weighted by Gasteiger charge is -2.14. The molecule has 2 rings (SSSR count). The molecule has 0 aromatic carbocycles. The topological polar surface area (TPSA) is 28.2 Å². The summed E-state index contributed by atoms with van der Waals surface area (Å²) in [4.78, 5) is 6.07. The van der Waals surface area contributed by atoms with Crippen molar-refractivity contribution in [3.8, 4) is 0 Å². The highest BCUT2D eigenvalue weighted by molar-refractivity contribution is 5.35. The molecule has 0 amide bonds. The lowest BCUT2D eigenvalue weighted by atomic mass is 10.3. The first kappa shape index (κ1) is 12.2. The van der Waals surface area contributed by atoms with Crippen molar-refractivity contribution >= 4 is 5.82 Å². The van der Waals surface area contributed by atoms with Crippen molar-refractivity contribution in [3.63, 3.8) is 0 Å². The van der Waals surface area contributed by atoms with Crippen LogP contribution in [0.5, 0.6) is 0 Å². The van der Waals surface area contributed by atoms with Crippen molar-refractivity contribution in [1.29, 1.82) is 0 Å². The van der Waals surface area contributed by atoms with Crippen LogP contribution in [0.1, 0.15) is 19.3 Å². The van der Waals surface area contributed by atoms with Crippen molar-refractivity contribution in [3.05, 3.63) is 23.9 Å². The van der Waals surface area contributed by atoms with Gasteiger partial charge in [0.05, 0.1) is 6.20 Å². The fraction of sp³-hybridized carbons (Fsp3) is 0.583. The van der Waals surface area contributed by atoms with Crippen LogP contribution in [0.3, 0.4) is 0 Å². The smallest absolute Gasteiger partial charge is 0.168 e. The van der Waals surface area contributed by atoms with E-state index >= 15 is 0 Å². The van der Waals surface area contributed by atoms with Gasteiger partial charge >= 0.3 is 0 Å². The van der Waals surface area contributed by atoms with Crippen LogP contribution >= 0.6 is 0 Å². The summed E-state index contributed by atoms with van der Waals surface area (Å²) >= 11 is 0. The Labute approximate surface area is 99.8 Å². The number of nitrogens with one attached hydrogen (secondary N) is 1. The summed E-state index contributed by atoms with van der Waals surface area (Å²) in [5, 5.41) is 2.88. The Hall–Kier alpha value is -1.23. The average molecular weight is 241 g/mol. The zero-order valence-electron chi connectivity index (χ0n) is 9.75. The molecule has 5 heteroatoms. The summed E-state index contributed by atoms with van der Waals surface area (Å²) in [6.07, 6.45) is 4.52. The zero-order valence-corrected chi connectivity index (χ0v) is 9.75. The van der Waals surface area contributed by atoms with Crippen LogP contribution in [0, 0.1) is 11.6 Å². The first-order valence-electron chi connectivity index (χ1n) is 6.03. The van der Waals surface area contributed by atoms with E-state index < -0.39 is 11.6 Å². The first-order valence-corrected chi connectivity index (χ1v) is 6.03. The van der Waals surface area contributed by atoms with Gasteiger partial charge < -0.3 is 10.2 Å². The fourth-order valence-electron chi connectivity index (χ4n) is 2.06. The third-order valence-corrected chi connectivity index (χ3v) is 2.95. The molecule has 2 heterocycles. The Morgan fingerprint density at radius 2 is 2.06 bits per heavy atom. The molecule has 0 aliphatic carbocycles. The van der Waals surface area contributed by atoms with E-state index in [9.17, 15) is 8.78 Å².